The number of methoxy groups -OCH3 is 1. The van der Waals surface area contributed by atoms with Crippen molar-refractivity contribution in [3.05, 3.63) is 30.1 Å². The zero-order valence-corrected chi connectivity index (χ0v) is 11.9. The smallest absolute Gasteiger partial charge is 0.421 e. The molecule has 3 N–H and O–H groups in total. The van der Waals surface area contributed by atoms with Crippen molar-refractivity contribution in [3.63, 3.8) is 0 Å². The number of pyridine rings is 1. The van der Waals surface area contributed by atoms with E-state index in [-0.39, 0.29) is 6.54 Å². The Labute approximate surface area is 118 Å². The van der Waals surface area contributed by atoms with Crippen LogP contribution in [0.3, 0.4) is 0 Å². The largest absolute Gasteiger partial charge is 0.452 e. The van der Waals surface area contributed by atoms with Gasteiger partial charge in [-0.3, -0.25) is 4.98 Å². The number of nitrogens with one attached hydrogen (secondary N) is 3. The maximum absolute atomic E-state index is 11.3. The van der Waals surface area contributed by atoms with Crippen LogP contribution in [0.25, 0.3) is 0 Å². The third-order valence-corrected chi connectivity index (χ3v) is 3.30. The summed E-state index contributed by atoms with van der Waals surface area (Å²) in [5, 5.41) is 3.15. The zero-order chi connectivity index (χ0) is 14.8. The number of ether oxygens (including phenoxy) is 1. The molecule has 0 atom stereocenters. The molecule has 112 valence electrons. The van der Waals surface area contributed by atoms with Crippen LogP contribution in [0.5, 0.6) is 0 Å². The third kappa shape index (κ3) is 7.02. The molecule has 0 radical (unpaired) electrons. The van der Waals surface area contributed by atoms with Gasteiger partial charge in [-0.05, 0) is 24.6 Å². The topological polar surface area (TPSA) is 109 Å². The lowest BCUT2D eigenvalue weighted by Gasteiger charge is -2.08. The molecule has 0 aromatic carbocycles. The lowest BCUT2D eigenvalue weighted by molar-refractivity contribution is 0.177. The summed E-state index contributed by atoms with van der Waals surface area (Å²) in [6.07, 6.45) is 3.03. The Kier molecular flexibility index (Phi) is 6.91. The van der Waals surface area contributed by atoms with E-state index in [9.17, 15) is 13.2 Å². The maximum Gasteiger partial charge on any atom is 0.421 e. The lowest BCUT2D eigenvalue weighted by atomic mass is 10.3. The van der Waals surface area contributed by atoms with E-state index in [1.165, 1.54) is 0 Å². The standard InChI is InChI=1S/C11H18N4O4S/c1-19-11(16)15-20(17,18)14-7-3-6-13-9-10-4-2-5-12-8-10/h2,4-5,8,13-14H,3,6-7,9H2,1H3,(H,15,16). The first kappa shape index (κ1) is 16.3. The highest BCUT2D eigenvalue weighted by Crippen LogP contribution is 1.93. The van der Waals surface area contributed by atoms with Gasteiger partial charge < -0.3 is 10.1 Å². The first-order valence-electron chi connectivity index (χ1n) is 5.98. The van der Waals surface area contributed by atoms with Crippen molar-refractivity contribution in [3.8, 4) is 0 Å². The molecule has 0 spiro atoms. The van der Waals surface area contributed by atoms with Gasteiger partial charge in [0.1, 0.15) is 0 Å². The van der Waals surface area contributed by atoms with Crippen molar-refractivity contribution in [1.82, 2.24) is 19.7 Å². The first-order valence-corrected chi connectivity index (χ1v) is 7.47. The molecule has 8 nitrogen and oxygen atoms in total. The number of nitrogens with zero attached hydrogens (tertiary/aromatic N) is 1. The fourth-order valence-electron chi connectivity index (χ4n) is 1.34. The average Bonchev–Trinajstić information content (AvgIpc) is 2.43. The van der Waals surface area contributed by atoms with Crippen LogP contribution in [-0.4, -0.2) is 39.7 Å². The van der Waals surface area contributed by atoms with Crippen LogP contribution < -0.4 is 14.8 Å². The Morgan fingerprint density at radius 1 is 1.40 bits per heavy atom. The Balaban J connectivity index is 2.11. The molecule has 1 rings (SSSR count). The molecular weight excluding hydrogens is 284 g/mol. The summed E-state index contributed by atoms with van der Waals surface area (Å²) in [7, 11) is -2.75. The van der Waals surface area contributed by atoms with Crippen LogP contribution in [0.1, 0.15) is 12.0 Å². The van der Waals surface area contributed by atoms with Gasteiger partial charge in [-0.25, -0.2) is 9.52 Å². The summed E-state index contributed by atoms with van der Waals surface area (Å²) in [6, 6.07) is 3.80. The quantitative estimate of drug-likeness (QED) is 0.571. The summed E-state index contributed by atoms with van der Waals surface area (Å²) in [5.74, 6) is 0. The van der Waals surface area contributed by atoms with Crippen LogP contribution >= 0.6 is 0 Å². The molecular formula is C11H18N4O4S. The summed E-state index contributed by atoms with van der Waals surface area (Å²) in [4.78, 5) is 14.7. The molecule has 1 aromatic rings. The Bertz CT molecular complexity index is 506. The molecule has 0 saturated carbocycles. The maximum atomic E-state index is 11.3. The second-order valence-corrected chi connectivity index (χ2v) is 5.38. The first-order chi connectivity index (χ1) is 9.53. The SMILES string of the molecule is COC(=O)NS(=O)(=O)NCCCNCc1cccnc1. The van der Waals surface area contributed by atoms with E-state index >= 15 is 0 Å². The molecule has 0 bridgehead atoms. The molecule has 1 heterocycles. The molecule has 20 heavy (non-hydrogen) atoms. The van der Waals surface area contributed by atoms with Gasteiger partial charge in [0, 0.05) is 25.5 Å². The van der Waals surface area contributed by atoms with Crippen molar-refractivity contribution in [2.45, 2.75) is 13.0 Å². The van der Waals surface area contributed by atoms with Crippen LogP contribution in [0.4, 0.5) is 4.79 Å². The van der Waals surface area contributed by atoms with Gasteiger partial charge in [0.15, 0.2) is 0 Å². The van der Waals surface area contributed by atoms with Crippen molar-refractivity contribution in [2.75, 3.05) is 20.2 Å². The summed E-state index contributed by atoms with van der Waals surface area (Å²) in [5.41, 5.74) is 1.06. The van der Waals surface area contributed by atoms with E-state index in [0.717, 1.165) is 12.7 Å². The number of hydrogen-bond donors (Lipinski definition) is 3. The van der Waals surface area contributed by atoms with Crippen LogP contribution in [0.15, 0.2) is 24.5 Å². The Hall–Kier alpha value is -1.71. The van der Waals surface area contributed by atoms with Gasteiger partial charge in [-0.2, -0.15) is 13.1 Å². The van der Waals surface area contributed by atoms with Crippen molar-refractivity contribution in [2.24, 2.45) is 0 Å². The molecule has 1 aromatic heterocycles. The van der Waals surface area contributed by atoms with E-state index in [1.807, 2.05) is 12.1 Å². The predicted octanol–water partition coefficient (Wildman–Crippen LogP) is -0.248. The highest BCUT2D eigenvalue weighted by Gasteiger charge is 2.12. The number of carbonyl (C=O) groups is 1. The monoisotopic (exact) mass is 302 g/mol. The number of hydrogen-bond acceptors (Lipinski definition) is 6. The van der Waals surface area contributed by atoms with Crippen LogP contribution in [0, 0.1) is 0 Å². The Morgan fingerprint density at radius 2 is 2.20 bits per heavy atom. The predicted molar refractivity (Wildman–Crippen MR) is 73.0 cm³/mol. The summed E-state index contributed by atoms with van der Waals surface area (Å²) >= 11 is 0. The fourth-order valence-corrected chi connectivity index (χ4v) is 2.13. The van der Waals surface area contributed by atoms with Crippen molar-refractivity contribution >= 4 is 16.3 Å². The number of aromatic nitrogens is 1. The minimum absolute atomic E-state index is 0.215. The van der Waals surface area contributed by atoms with E-state index in [4.69, 9.17) is 0 Å². The van der Waals surface area contributed by atoms with E-state index < -0.39 is 16.3 Å². The van der Waals surface area contributed by atoms with E-state index in [2.05, 4.69) is 19.8 Å². The average molecular weight is 302 g/mol. The second kappa shape index (κ2) is 8.46. The van der Waals surface area contributed by atoms with Gasteiger partial charge >= 0.3 is 16.3 Å². The molecule has 0 unspecified atom stereocenters. The van der Waals surface area contributed by atoms with Gasteiger partial charge in [-0.15, -0.1) is 0 Å². The Morgan fingerprint density at radius 3 is 2.85 bits per heavy atom. The van der Waals surface area contributed by atoms with Crippen molar-refractivity contribution in [1.29, 1.82) is 0 Å². The highest BCUT2D eigenvalue weighted by molar-refractivity contribution is 7.88. The highest BCUT2D eigenvalue weighted by atomic mass is 32.2. The molecule has 9 heteroatoms. The fraction of sp³-hybridized carbons (Fsp3) is 0.455. The second-order valence-electron chi connectivity index (χ2n) is 3.88. The summed E-state index contributed by atoms with van der Waals surface area (Å²) < 4.78 is 30.7. The zero-order valence-electron chi connectivity index (χ0n) is 11.1. The lowest BCUT2D eigenvalue weighted by Crippen LogP contribution is -2.41. The molecule has 0 saturated heterocycles. The molecule has 1 amide bonds. The van der Waals surface area contributed by atoms with Gasteiger partial charge in [-0.1, -0.05) is 6.07 Å². The van der Waals surface area contributed by atoms with Gasteiger partial charge in [0.05, 0.1) is 7.11 Å². The number of rotatable bonds is 8. The van der Waals surface area contributed by atoms with Gasteiger partial charge in [0.2, 0.25) is 0 Å². The number of amides is 1. The normalized spacial score (nSPS) is 11.1. The van der Waals surface area contributed by atoms with E-state index in [0.29, 0.717) is 19.5 Å². The number of carbonyl (C=O) groups excluding carboxylic acids is 1. The van der Waals surface area contributed by atoms with Crippen LogP contribution in [-0.2, 0) is 21.5 Å². The molecule has 0 aliphatic heterocycles. The van der Waals surface area contributed by atoms with Gasteiger partial charge in [0.25, 0.3) is 0 Å². The molecule has 0 aliphatic carbocycles. The van der Waals surface area contributed by atoms with Crippen molar-refractivity contribution < 1.29 is 17.9 Å². The van der Waals surface area contributed by atoms with Crippen LogP contribution in [0.2, 0.25) is 0 Å². The third-order valence-electron chi connectivity index (χ3n) is 2.28. The minimum Gasteiger partial charge on any atom is -0.452 e. The molecule has 0 fully saturated rings. The minimum atomic E-state index is -3.84. The summed E-state index contributed by atoms with van der Waals surface area (Å²) in [6.45, 7) is 1.52. The molecule has 0 aliphatic rings. The van der Waals surface area contributed by atoms with E-state index in [1.54, 1.807) is 17.1 Å².